The average molecular weight is 291 g/mol. The van der Waals surface area contributed by atoms with Gasteiger partial charge in [-0.3, -0.25) is 9.59 Å². The van der Waals surface area contributed by atoms with Gasteiger partial charge in [-0.25, -0.2) is 0 Å². The number of rotatable bonds is 5. The normalized spacial score (nSPS) is 22.2. The van der Waals surface area contributed by atoms with Crippen molar-refractivity contribution in [1.82, 2.24) is 4.90 Å². The third-order valence-corrected chi connectivity index (χ3v) is 3.90. The number of carbonyl (C=O) groups is 2. The third-order valence-electron chi connectivity index (χ3n) is 3.90. The first kappa shape index (κ1) is 15.4. The molecule has 1 aromatic rings. The van der Waals surface area contributed by atoms with Crippen LogP contribution in [0.1, 0.15) is 38.3 Å². The van der Waals surface area contributed by atoms with Gasteiger partial charge >= 0.3 is 5.97 Å². The van der Waals surface area contributed by atoms with Crippen LogP contribution in [0.3, 0.4) is 0 Å². The van der Waals surface area contributed by atoms with E-state index < -0.39 is 17.9 Å². The summed E-state index contributed by atoms with van der Waals surface area (Å²) in [5.41, 5.74) is 0.848. The third kappa shape index (κ3) is 3.17. The molecule has 1 fully saturated rings. The molecular weight excluding hydrogens is 270 g/mol. The number of carbonyl (C=O) groups excluding carboxylic acids is 1. The number of benzene rings is 1. The number of ether oxygens (including phenoxy) is 1. The molecule has 5 heteroatoms. The number of amides is 1. The Morgan fingerprint density at radius 3 is 2.52 bits per heavy atom. The second-order valence-electron chi connectivity index (χ2n) is 5.11. The Morgan fingerprint density at radius 2 is 2.00 bits per heavy atom. The van der Waals surface area contributed by atoms with Gasteiger partial charge in [0.05, 0.1) is 18.6 Å². The lowest BCUT2D eigenvalue weighted by molar-refractivity contribution is -0.151. The summed E-state index contributed by atoms with van der Waals surface area (Å²) in [7, 11) is 0. The summed E-state index contributed by atoms with van der Waals surface area (Å²) in [6, 6.07) is 6.96. The van der Waals surface area contributed by atoms with E-state index in [1.54, 1.807) is 4.90 Å². The van der Waals surface area contributed by atoms with Gasteiger partial charge in [-0.2, -0.15) is 0 Å². The highest BCUT2D eigenvalue weighted by atomic mass is 16.5. The van der Waals surface area contributed by atoms with Crippen LogP contribution in [0.5, 0.6) is 5.75 Å². The van der Waals surface area contributed by atoms with Gasteiger partial charge in [-0.15, -0.1) is 0 Å². The van der Waals surface area contributed by atoms with Crippen LogP contribution < -0.4 is 4.74 Å². The number of carboxylic acid groups (broad SMARTS) is 1. The minimum Gasteiger partial charge on any atom is -0.494 e. The molecule has 1 aromatic carbocycles. The van der Waals surface area contributed by atoms with Crippen LogP contribution in [0.15, 0.2) is 24.3 Å². The molecule has 0 aromatic heterocycles. The molecule has 0 spiro atoms. The molecule has 1 amide bonds. The van der Waals surface area contributed by atoms with Crippen LogP contribution >= 0.6 is 0 Å². The number of hydrogen-bond donors (Lipinski definition) is 1. The molecule has 5 nitrogen and oxygen atoms in total. The van der Waals surface area contributed by atoms with E-state index in [2.05, 4.69) is 0 Å². The Balaban J connectivity index is 2.33. The highest BCUT2D eigenvalue weighted by molar-refractivity contribution is 5.81. The molecule has 114 valence electrons. The number of hydrogen-bond acceptors (Lipinski definition) is 3. The summed E-state index contributed by atoms with van der Waals surface area (Å²) in [6.45, 7) is 4.89. The number of carboxylic acids is 1. The minimum atomic E-state index is -0.847. The molecule has 0 aliphatic carbocycles. The Bertz CT molecular complexity index is 510. The standard InChI is InChI=1S/C16H21NO4/c1-3-17-14(18)10-9-13(16(19)20)15(17)11-5-7-12(8-6-11)21-4-2/h5-8,13,15H,3-4,9-10H2,1-2H3,(H,19,20)/t13-,15+/m1/s1. The van der Waals surface area contributed by atoms with Gasteiger partial charge in [0.1, 0.15) is 5.75 Å². The lowest BCUT2D eigenvalue weighted by Crippen LogP contribution is -2.45. The second kappa shape index (κ2) is 6.61. The quantitative estimate of drug-likeness (QED) is 0.905. The van der Waals surface area contributed by atoms with Crippen LogP contribution in [0.2, 0.25) is 0 Å². The maximum Gasteiger partial charge on any atom is 0.308 e. The molecule has 0 bridgehead atoms. The smallest absolute Gasteiger partial charge is 0.308 e. The Kier molecular flexibility index (Phi) is 4.83. The van der Waals surface area contributed by atoms with Crippen molar-refractivity contribution in [2.75, 3.05) is 13.2 Å². The van der Waals surface area contributed by atoms with E-state index in [4.69, 9.17) is 4.74 Å². The first-order valence-corrected chi connectivity index (χ1v) is 7.33. The van der Waals surface area contributed by atoms with E-state index in [9.17, 15) is 14.7 Å². The fourth-order valence-electron chi connectivity index (χ4n) is 2.92. The van der Waals surface area contributed by atoms with Gasteiger partial charge in [-0.05, 0) is 38.0 Å². The fraction of sp³-hybridized carbons (Fsp3) is 0.500. The summed E-state index contributed by atoms with van der Waals surface area (Å²) >= 11 is 0. The number of nitrogens with zero attached hydrogens (tertiary/aromatic N) is 1. The molecule has 2 atom stereocenters. The zero-order chi connectivity index (χ0) is 15.4. The van der Waals surface area contributed by atoms with Crippen molar-refractivity contribution >= 4 is 11.9 Å². The molecule has 0 radical (unpaired) electrons. The molecule has 1 N–H and O–H groups in total. The van der Waals surface area contributed by atoms with Crippen molar-refractivity contribution in [2.45, 2.75) is 32.7 Å². The largest absolute Gasteiger partial charge is 0.494 e. The molecule has 1 saturated heterocycles. The molecule has 1 aliphatic rings. The van der Waals surface area contributed by atoms with E-state index >= 15 is 0 Å². The maximum absolute atomic E-state index is 12.1. The molecule has 21 heavy (non-hydrogen) atoms. The lowest BCUT2D eigenvalue weighted by atomic mass is 9.84. The summed E-state index contributed by atoms with van der Waals surface area (Å²) in [5, 5.41) is 9.45. The Morgan fingerprint density at radius 1 is 1.33 bits per heavy atom. The van der Waals surface area contributed by atoms with E-state index in [1.807, 2.05) is 38.1 Å². The van der Waals surface area contributed by atoms with Gasteiger partial charge < -0.3 is 14.7 Å². The van der Waals surface area contributed by atoms with E-state index in [0.717, 1.165) is 11.3 Å². The van der Waals surface area contributed by atoms with Crippen molar-refractivity contribution in [3.8, 4) is 5.75 Å². The van der Waals surface area contributed by atoms with Crippen molar-refractivity contribution in [3.63, 3.8) is 0 Å². The van der Waals surface area contributed by atoms with Crippen LogP contribution in [0.4, 0.5) is 0 Å². The predicted octanol–water partition coefficient (Wildman–Crippen LogP) is 2.47. The van der Waals surface area contributed by atoms with Crippen molar-refractivity contribution < 1.29 is 19.4 Å². The van der Waals surface area contributed by atoms with Crippen LogP contribution in [0, 0.1) is 5.92 Å². The number of likely N-dealkylation sites (tertiary alicyclic amines) is 1. The first-order chi connectivity index (χ1) is 10.1. The first-order valence-electron chi connectivity index (χ1n) is 7.33. The Hall–Kier alpha value is -2.04. The minimum absolute atomic E-state index is 0.0221. The van der Waals surface area contributed by atoms with Crippen LogP contribution in [0.25, 0.3) is 0 Å². The molecular formula is C16H21NO4. The predicted molar refractivity (Wildman–Crippen MR) is 78.1 cm³/mol. The van der Waals surface area contributed by atoms with Gasteiger partial charge in [0, 0.05) is 13.0 Å². The second-order valence-corrected chi connectivity index (χ2v) is 5.11. The number of piperidine rings is 1. The van der Waals surface area contributed by atoms with Crippen LogP contribution in [-0.2, 0) is 9.59 Å². The molecule has 0 unspecified atom stereocenters. The van der Waals surface area contributed by atoms with Gasteiger partial charge in [0.2, 0.25) is 5.91 Å². The Labute approximate surface area is 124 Å². The van der Waals surface area contributed by atoms with E-state index in [-0.39, 0.29) is 5.91 Å². The highest BCUT2D eigenvalue weighted by Crippen LogP contribution is 2.37. The summed E-state index contributed by atoms with van der Waals surface area (Å²) in [5.74, 6) is -0.632. The highest BCUT2D eigenvalue weighted by Gasteiger charge is 2.39. The molecule has 1 aliphatic heterocycles. The van der Waals surface area contributed by atoms with Crippen molar-refractivity contribution in [3.05, 3.63) is 29.8 Å². The van der Waals surface area contributed by atoms with Gasteiger partial charge in [-0.1, -0.05) is 12.1 Å². The average Bonchev–Trinajstić information content (AvgIpc) is 2.47. The molecule has 0 saturated carbocycles. The van der Waals surface area contributed by atoms with E-state index in [0.29, 0.717) is 26.0 Å². The summed E-state index contributed by atoms with van der Waals surface area (Å²) < 4.78 is 5.40. The van der Waals surface area contributed by atoms with Crippen molar-refractivity contribution in [2.24, 2.45) is 5.92 Å². The van der Waals surface area contributed by atoms with Gasteiger partial charge in [0.15, 0.2) is 0 Å². The maximum atomic E-state index is 12.1. The summed E-state index contributed by atoms with van der Waals surface area (Å²) in [6.07, 6.45) is 0.695. The number of aliphatic carboxylic acids is 1. The van der Waals surface area contributed by atoms with Crippen LogP contribution in [-0.4, -0.2) is 35.0 Å². The molecule has 1 heterocycles. The monoisotopic (exact) mass is 291 g/mol. The van der Waals surface area contributed by atoms with Gasteiger partial charge in [0.25, 0.3) is 0 Å². The zero-order valence-corrected chi connectivity index (χ0v) is 12.4. The molecule has 2 rings (SSSR count). The lowest BCUT2D eigenvalue weighted by Gasteiger charge is -2.39. The topological polar surface area (TPSA) is 66.8 Å². The van der Waals surface area contributed by atoms with E-state index in [1.165, 1.54) is 0 Å². The summed E-state index contributed by atoms with van der Waals surface area (Å²) in [4.78, 5) is 25.2. The zero-order valence-electron chi connectivity index (χ0n) is 12.4. The fourth-order valence-corrected chi connectivity index (χ4v) is 2.92. The van der Waals surface area contributed by atoms with Crippen molar-refractivity contribution in [1.29, 1.82) is 0 Å². The SMILES string of the molecule is CCOc1ccc([C@H]2[C@H](C(=O)O)CCC(=O)N2CC)cc1.